The van der Waals surface area contributed by atoms with Crippen LogP contribution >= 0.6 is 24.0 Å². The molecule has 1 atom stereocenters. The van der Waals surface area contributed by atoms with Crippen LogP contribution in [-0.4, -0.2) is 53.7 Å². The van der Waals surface area contributed by atoms with E-state index in [0.29, 0.717) is 22.9 Å². The van der Waals surface area contributed by atoms with Gasteiger partial charge >= 0.3 is 5.97 Å². The summed E-state index contributed by atoms with van der Waals surface area (Å²) < 4.78 is 8.09. The van der Waals surface area contributed by atoms with Gasteiger partial charge in [0.25, 0.3) is 5.91 Å². The number of aliphatic carboxylic acids is 1. The number of aryl methyl sites for hydroxylation is 3. The third kappa shape index (κ3) is 4.86. The Labute approximate surface area is 211 Å². The summed E-state index contributed by atoms with van der Waals surface area (Å²) in [6.07, 6.45) is 1.61. The van der Waals surface area contributed by atoms with Gasteiger partial charge < -0.3 is 14.9 Å². The molecule has 2 aromatic carbocycles. The maximum Gasteiger partial charge on any atom is 0.329 e. The highest BCUT2D eigenvalue weighted by atomic mass is 32.2. The summed E-state index contributed by atoms with van der Waals surface area (Å²) >= 11 is 6.23. The maximum absolute atomic E-state index is 13.1. The molecule has 0 spiro atoms. The van der Waals surface area contributed by atoms with Crippen molar-refractivity contribution in [3.63, 3.8) is 0 Å². The highest BCUT2D eigenvalue weighted by Gasteiger charge is 2.40. The topological polar surface area (TPSA) is 105 Å². The van der Waals surface area contributed by atoms with Gasteiger partial charge in [-0.15, -0.1) is 0 Å². The monoisotopic (exact) mass is 509 g/mol. The van der Waals surface area contributed by atoms with Gasteiger partial charge in [0.2, 0.25) is 5.88 Å². The molecule has 1 saturated heterocycles. The lowest BCUT2D eigenvalue weighted by molar-refractivity contribution is -0.146. The normalized spacial score (nSPS) is 15.7. The van der Waals surface area contributed by atoms with E-state index in [1.807, 2.05) is 62.4 Å². The molecule has 4 rings (SSSR count). The molecule has 180 valence electrons. The molecular formula is C25H23N3O5S2. The highest BCUT2D eigenvalue weighted by molar-refractivity contribution is 8.26. The number of para-hydroxylation sites is 1. The van der Waals surface area contributed by atoms with Crippen LogP contribution in [0.15, 0.2) is 53.4 Å². The Morgan fingerprint density at radius 3 is 2.54 bits per heavy atom. The van der Waals surface area contributed by atoms with Crippen molar-refractivity contribution in [2.75, 3.05) is 6.61 Å². The van der Waals surface area contributed by atoms with Crippen LogP contribution in [-0.2, 0) is 9.59 Å². The molecule has 1 fully saturated rings. The molecule has 1 aliphatic heterocycles. The molecule has 1 amide bonds. The number of carboxylic acid groups (broad SMARTS) is 1. The number of hydrogen-bond acceptors (Lipinski definition) is 7. The van der Waals surface area contributed by atoms with Crippen LogP contribution in [0.1, 0.15) is 22.4 Å². The lowest BCUT2D eigenvalue weighted by atomic mass is 10.1. The SMILES string of the molecule is Cc1ccc(Oc2c(/C=C3\SC(=S)N([C@@H](CO)C(=O)O)C3=O)c(C)nn2-c2ccccc2)c(C)c1. The Morgan fingerprint density at radius 2 is 1.91 bits per heavy atom. The highest BCUT2D eigenvalue weighted by Crippen LogP contribution is 2.38. The molecule has 2 heterocycles. The van der Waals surface area contributed by atoms with Gasteiger partial charge in [0.15, 0.2) is 6.04 Å². The molecule has 3 aromatic rings. The van der Waals surface area contributed by atoms with E-state index >= 15 is 0 Å². The number of aliphatic hydroxyl groups excluding tert-OH is 1. The molecule has 2 N–H and O–H groups in total. The van der Waals surface area contributed by atoms with Crippen LogP contribution in [0.2, 0.25) is 0 Å². The molecule has 0 saturated carbocycles. The largest absolute Gasteiger partial charge is 0.480 e. The number of nitrogens with zero attached hydrogens (tertiary/aromatic N) is 3. The number of hydrogen-bond donors (Lipinski definition) is 2. The minimum absolute atomic E-state index is 0.0626. The van der Waals surface area contributed by atoms with Gasteiger partial charge in [0, 0.05) is 0 Å². The Morgan fingerprint density at radius 1 is 1.20 bits per heavy atom. The smallest absolute Gasteiger partial charge is 0.329 e. The minimum Gasteiger partial charge on any atom is -0.480 e. The molecule has 1 aliphatic rings. The van der Waals surface area contributed by atoms with Crippen LogP contribution < -0.4 is 4.74 Å². The van der Waals surface area contributed by atoms with E-state index in [-0.39, 0.29) is 9.23 Å². The zero-order valence-corrected chi connectivity index (χ0v) is 20.9. The number of thioether (sulfide) groups is 1. The van der Waals surface area contributed by atoms with Crippen molar-refractivity contribution in [3.05, 3.63) is 75.8 Å². The fourth-order valence-corrected chi connectivity index (χ4v) is 5.03. The zero-order chi connectivity index (χ0) is 25.3. The minimum atomic E-state index is -1.45. The van der Waals surface area contributed by atoms with E-state index < -0.39 is 24.5 Å². The lowest BCUT2D eigenvalue weighted by Crippen LogP contribution is -2.46. The molecule has 8 nitrogen and oxygen atoms in total. The molecule has 0 bridgehead atoms. The standard InChI is InChI=1S/C25H23N3O5S2/c1-14-9-10-20(15(2)11-14)33-23-18(16(3)26-28(23)17-7-5-4-6-8-17)12-21-22(30)27(25(34)35-21)19(13-29)24(31)32/h4-12,19,29H,13H2,1-3H3,(H,31,32)/b21-12-/t19-/m0/s1. The first kappa shape index (κ1) is 24.6. The van der Waals surface area contributed by atoms with Crippen molar-refractivity contribution in [2.24, 2.45) is 0 Å². The maximum atomic E-state index is 13.1. The van der Waals surface area contributed by atoms with Crippen molar-refractivity contribution in [2.45, 2.75) is 26.8 Å². The Balaban J connectivity index is 1.82. The summed E-state index contributed by atoms with van der Waals surface area (Å²) in [6.45, 7) is 5.00. The number of rotatable bonds is 7. The molecule has 35 heavy (non-hydrogen) atoms. The summed E-state index contributed by atoms with van der Waals surface area (Å²) in [5, 5.41) is 23.6. The lowest BCUT2D eigenvalue weighted by Gasteiger charge is -2.20. The third-order valence-corrected chi connectivity index (χ3v) is 6.80. The third-order valence-electron chi connectivity index (χ3n) is 5.47. The van der Waals surface area contributed by atoms with Gasteiger partial charge in [0.1, 0.15) is 10.1 Å². The van der Waals surface area contributed by atoms with Crippen LogP contribution in [0, 0.1) is 20.8 Å². The van der Waals surface area contributed by atoms with Gasteiger partial charge in [-0.3, -0.25) is 9.69 Å². The van der Waals surface area contributed by atoms with Gasteiger partial charge in [-0.05, 0) is 50.6 Å². The summed E-state index contributed by atoms with van der Waals surface area (Å²) in [5.41, 5.74) is 3.98. The van der Waals surface area contributed by atoms with E-state index in [1.165, 1.54) is 0 Å². The first-order chi connectivity index (χ1) is 16.7. The summed E-state index contributed by atoms with van der Waals surface area (Å²) in [5.74, 6) is -0.883. The molecule has 1 aromatic heterocycles. The number of ether oxygens (including phenoxy) is 1. The predicted octanol–water partition coefficient (Wildman–Crippen LogP) is 4.24. The molecule has 0 unspecified atom stereocenters. The van der Waals surface area contributed by atoms with E-state index in [1.54, 1.807) is 17.7 Å². The Kier molecular flexibility index (Phi) is 7.06. The van der Waals surface area contributed by atoms with Crippen molar-refractivity contribution in [1.29, 1.82) is 0 Å². The number of aromatic nitrogens is 2. The van der Waals surface area contributed by atoms with E-state index in [4.69, 9.17) is 17.0 Å². The van der Waals surface area contributed by atoms with Gasteiger partial charge in [-0.2, -0.15) is 9.78 Å². The van der Waals surface area contributed by atoms with Crippen molar-refractivity contribution >= 4 is 46.3 Å². The average molecular weight is 510 g/mol. The summed E-state index contributed by atoms with van der Waals surface area (Å²) in [7, 11) is 0. The number of benzene rings is 2. The predicted molar refractivity (Wildman–Crippen MR) is 138 cm³/mol. The second-order valence-electron chi connectivity index (χ2n) is 8.01. The fourth-order valence-electron chi connectivity index (χ4n) is 3.69. The van der Waals surface area contributed by atoms with Gasteiger partial charge in [-0.25, -0.2) is 4.79 Å². The average Bonchev–Trinajstić information content (AvgIpc) is 3.27. The van der Waals surface area contributed by atoms with E-state index in [2.05, 4.69) is 5.10 Å². The van der Waals surface area contributed by atoms with Crippen LogP contribution in [0.25, 0.3) is 11.8 Å². The van der Waals surface area contributed by atoms with Crippen molar-refractivity contribution in [1.82, 2.24) is 14.7 Å². The summed E-state index contributed by atoms with van der Waals surface area (Å²) in [4.78, 5) is 25.8. The van der Waals surface area contributed by atoms with E-state index in [9.17, 15) is 19.8 Å². The van der Waals surface area contributed by atoms with Crippen molar-refractivity contribution in [3.8, 4) is 17.3 Å². The molecule has 0 aliphatic carbocycles. The quantitative estimate of drug-likeness (QED) is 0.360. The van der Waals surface area contributed by atoms with Crippen LogP contribution in [0.3, 0.4) is 0 Å². The fraction of sp³-hybridized carbons (Fsp3) is 0.200. The number of carboxylic acids is 1. The second-order valence-corrected chi connectivity index (χ2v) is 9.69. The van der Waals surface area contributed by atoms with Crippen LogP contribution in [0.5, 0.6) is 11.6 Å². The number of amides is 1. The second kappa shape index (κ2) is 10.0. The number of carbonyl (C=O) groups excluding carboxylic acids is 1. The van der Waals surface area contributed by atoms with E-state index in [0.717, 1.165) is 33.5 Å². The first-order valence-electron chi connectivity index (χ1n) is 10.7. The van der Waals surface area contributed by atoms with Crippen LogP contribution in [0.4, 0.5) is 0 Å². The molecular weight excluding hydrogens is 486 g/mol. The number of thiocarbonyl (C=S) groups is 1. The molecule has 10 heteroatoms. The summed E-state index contributed by atoms with van der Waals surface area (Å²) in [6, 6.07) is 13.8. The Bertz CT molecular complexity index is 1350. The number of aliphatic hydroxyl groups is 1. The number of carbonyl (C=O) groups is 2. The zero-order valence-electron chi connectivity index (χ0n) is 19.3. The van der Waals surface area contributed by atoms with Crippen molar-refractivity contribution < 1.29 is 24.5 Å². The Hall–Kier alpha value is -3.47. The first-order valence-corrected chi connectivity index (χ1v) is 11.9. The van der Waals surface area contributed by atoms with Gasteiger partial charge in [0.05, 0.1) is 28.5 Å². The molecule has 0 radical (unpaired) electrons. The van der Waals surface area contributed by atoms with Gasteiger partial charge in [-0.1, -0.05) is 59.9 Å².